The SMILES string of the molecule is Cc1ccc2c(c1)OC(C)(C)CC2Cl. The zero-order valence-corrected chi connectivity index (χ0v) is 9.56. The lowest BCUT2D eigenvalue weighted by Crippen LogP contribution is -2.33. The first-order chi connectivity index (χ1) is 6.48. The molecule has 2 rings (SSSR count). The van der Waals surface area contributed by atoms with Crippen LogP contribution in [0.5, 0.6) is 5.75 Å². The molecule has 0 saturated heterocycles. The lowest BCUT2D eigenvalue weighted by molar-refractivity contribution is 0.0825. The van der Waals surface area contributed by atoms with E-state index in [1.807, 2.05) is 0 Å². The third kappa shape index (κ3) is 1.74. The first-order valence-electron chi connectivity index (χ1n) is 4.91. The number of aryl methyl sites for hydroxylation is 1. The van der Waals surface area contributed by atoms with Gasteiger partial charge in [-0.2, -0.15) is 0 Å². The molecule has 0 aromatic heterocycles. The molecule has 0 saturated carbocycles. The molecule has 0 bridgehead atoms. The van der Waals surface area contributed by atoms with E-state index in [1.165, 1.54) is 5.56 Å². The highest BCUT2D eigenvalue weighted by molar-refractivity contribution is 6.21. The van der Waals surface area contributed by atoms with E-state index in [1.54, 1.807) is 0 Å². The van der Waals surface area contributed by atoms with Gasteiger partial charge < -0.3 is 4.74 Å². The number of rotatable bonds is 0. The first-order valence-corrected chi connectivity index (χ1v) is 5.35. The van der Waals surface area contributed by atoms with Crippen molar-refractivity contribution in [2.24, 2.45) is 0 Å². The maximum Gasteiger partial charge on any atom is 0.125 e. The van der Waals surface area contributed by atoms with Gasteiger partial charge in [0.2, 0.25) is 0 Å². The third-order valence-electron chi connectivity index (χ3n) is 2.56. The largest absolute Gasteiger partial charge is 0.487 e. The summed E-state index contributed by atoms with van der Waals surface area (Å²) in [6, 6.07) is 6.21. The van der Waals surface area contributed by atoms with Gasteiger partial charge in [-0.1, -0.05) is 12.1 Å². The van der Waals surface area contributed by atoms with E-state index in [9.17, 15) is 0 Å². The fourth-order valence-electron chi connectivity index (χ4n) is 1.87. The molecule has 1 nitrogen and oxygen atoms in total. The summed E-state index contributed by atoms with van der Waals surface area (Å²) < 4.78 is 5.89. The normalized spacial score (nSPS) is 23.9. The summed E-state index contributed by atoms with van der Waals surface area (Å²) in [5.41, 5.74) is 2.19. The fourth-order valence-corrected chi connectivity index (χ4v) is 2.42. The highest BCUT2D eigenvalue weighted by Gasteiger charge is 2.32. The van der Waals surface area contributed by atoms with Crippen LogP contribution in [0.1, 0.15) is 36.8 Å². The monoisotopic (exact) mass is 210 g/mol. The number of alkyl halides is 1. The van der Waals surface area contributed by atoms with Gasteiger partial charge in [-0.15, -0.1) is 11.6 Å². The lowest BCUT2D eigenvalue weighted by Gasteiger charge is -2.35. The zero-order chi connectivity index (χ0) is 10.3. The van der Waals surface area contributed by atoms with Crippen LogP contribution in [0.4, 0.5) is 0 Å². The second kappa shape index (κ2) is 3.16. The molecule has 0 fully saturated rings. The van der Waals surface area contributed by atoms with Crippen molar-refractivity contribution in [3.05, 3.63) is 29.3 Å². The van der Waals surface area contributed by atoms with Crippen molar-refractivity contribution in [2.45, 2.75) is 38.2 Å². The Morgan fingerprint density at radius 1 is 1.43 bits per heavy atom. The summed E-state index contributed by atoms with van der Waals surface area (Å²) in [4.78, 5) is 0. The third-order valence-corrected chi connectivity index (χ3v) is 2.95. The second-order valence-corrected chi connectivity index (χ2v) is 5.10. The van der Waals surface area contributed by atoms with Crippen molar-refractivity contribution in [2.75, 3.05) is 0 Å². The second-order valence-electron chi connectivity index (χ2n) is 4.57. The van der Waals surface area contributed by atoms with Crippen LogP contribution >= 0.6 is 11.6 Å². The van der Waals surface area contributed by atoms with Crippen LogP contribution in [-0.4, -0.2) is 5.60 Å². The fraction of sp³-hybridized carbons (Fsp3) is 0.500. The molecule has 0 spiro atoms. The average Bonchev–Trinajstić information content (AvgIpc) is 2.00. The number of ether oxygens (including phenoxy) is 1. The maximum absolute atomic E-state index is 6.30. The van der Waals surface area contributed by atoms with Crippen molar-refractivity contribution in [1.29, 1.82) is 0 Å². The molecule has 76 valence electrons. The Hall–Kier alpha value is -0.690. The lowest BCUT2D eigenvalue weighted by atomic mass is 9.93. The van der Waals surface area contributed by atoms with Gasteiger partial charge in [0.25, 0.3) is 0 Å². The molecule has 0 radical (unpaired) electrons. The summed E-state index contributed by atoms with van der Waals surface area (Å²) in [6.07, 6.45) is 0.866. The molecule has 1 aliphatic rings. The minimum Gasteiger partial charge on any atom is -0.487 e. The summed E-state index contributed by atoms with van der Waals surface area (Å²) in [5.74, 6) is 0.946. The predicted octanol–water partition coefficient (Wildman–Crippen LogP) is 3.84. The zero-order valence-electron chi connectivity index (χ0n) is 8.80. The van der Waals surface area contributed by atoms with Crippen LogP contribution in [0.2, 0.25) is 0 Å². The number of halogens is 1. The molecule has 1 unspecified atom stereocenters. The smallest absolute Gasteiger partial charge is 0.125 e. The van der Waals surface area contributed by atoms with E-state index in [-0.39, 0.29) is 11.0 Å². The molecular formula is C12H15ClO. The van der Waals surface area contributed by atoms with Gasteiger partial charge in [-0.25, -0.2) is 0 Å². The highest BCUT2D eigenvalue weighted by Crippen LogP contribution is 2.42. The molecule has 1 heterocycles. The molecular weight excluding hydrogens is 196 g/mol. The number of hydrogen-bond acceptors (Lipinski definition) is 1. The highest BCUT2D eigenvalue weighted by atomic mass is 35.5. The minimum absolute atomic E-state index is 0.0781. The molecule has 1 aromatic carbocycles. The topological polar surface area (TPSA) is 9.23 Å². The molecule has 0 N–H and O–H groups in total. The summed E-state index contributed by atoms with van der Waals surface area (Å²) >= 11 is 6.30. The number of benzene rings is 1. The molecule has 1 aliphatic heterocycles. The molecule has 2 heteroatoms. The summed E-state index contributed by atoms with van der Waals surface area (Å²) in [6.45, 7) is 6.22. The van der Waals surface area contributed by atoms with Crippen molar-refractivity contribution in [3.63, 3.8) is 0 Å². The van der Waals surface area contributed by atoms with E-state index >= 15 is 0 Å². The van der Waals surface area contributed by atoms with Crippen molar-refractivity contribution < 1.29 is 4.74 Å². The predicted molar refractivity (Wildman–Crippen MR) is 59.1 cm³/mol. The van der Waals surface area contributed by atoms with Gasteiger partial charge >= 0.3 is 0 Å². The number of fused-ring (bicyclic) bond motifs is 1. The van der Waals surface area contributed by atoms with Gasteiger partial charge in [-0.3, -0.25) is 0 Å². The average molecular weight is 211 g/mol. The first kappa shape index (κ1) is 9.85. The van der Waals surface area contributed by atoms with Crippen molar-refractivity contribution in [1.82, 2.24) is 0 Å². The standard InChI is InChI=1S/C12H15ClO/c1-8-4-5-9-10(13)7-12(2,3)14-11(9)6-8/h4-6,10H,7H2,1-3H3. The Bertz CT molecular complexity index is 357. The van der Waals surface area contributed by atoms with E-state index in [2.05, 4.69) is 39.0 Å². The summed E-state index contributed by atoms with van der Waals surface area (Å²) in [5, 5.41) is 0.0781. The molecule has 1 aromatic rings. The van der Waals surface area contributed by atoms with E-state index in [4.69, 9.17) is 16.3 Å². The van der Waals surface area contributed by atoms with Gasteiger partial charge in [0.15, 0.2) is 0 Å². The maximum atomic E-state index is 6.30. The van der Waals surface area contributed by atoms with Crippen molar-refractivity contribution in [3.8, 4) is 5.75 Å². The van der Waals surface area contributed by atoms with E-state index in [0.29, 0.717) is 0 Å². The van der Waals surface area contributed by atoms with Gasteiger partial charge in [0.05, 0.1) is 5.38 Å². The Morgan fingerprint density at radius 3 is 2.86 bits per heavy atom. The van der Waals surface area contributed by atoms with Crippen molar-refractivity contribution >= 4 is 11.6 Å². The Labute approximate surface area is 90.0 Å². The molecule has 14 heavy (non-hydrogen) atoms. The Balaban J connectivity index is 2.46. The summed E-state index contributed by atoms with van der Waals surface area (Å²) in [7, 11) is 0. The van der Waals surface area contributed by atoms with Gasteiger partial charge in [0, 0.05) is 12.0 Å². The Kier molecular flexibility index (Phi) is 2.23. The quantitative estimate of drug-likeness (QED) is 0.592. The van der Waals surface area contributed by atoms with Gasteiger partial charge in [0.1, 0.15) is 11.4 Å². The molecule has 0 amide bonds. The van der Waals surface area contributed by atoms with E-state index < -0.39 is 0 Å². The molecule has 0 aliphatic carbocycles. The van der Waals surface area contributed by atoms with Crippen LogP contribution in [0.25, 0.3) is 0 Å². The van der Waals surface area contributed by atoms with Crippen LogP contribution in [0, 0.1) is 6.92 Å². The Morgan fingerprint density at radius 2 is 2.14 bits per heavy atom. The van der Waals surface area contributed by atoms with Crippen LogP contribution < -0.4 is 4.74 Å². The van der Waals surface area contributed by atoms with E-state index in [0.717, 1.165) is 17.7 Å². The molecule has 1 atom stereocenters. The van der Waals surface area contributed by atoms with Crippen LogP contribution in [0.15, 0.2) is 18.2 Å². The van der Waals surface area contributed by atoms with Crippen LogP contribution in [-0.2, 0) is 0 Å². The number of hydrogen-bond donors (Lipinski definition) is 0. The van der Waals surface area contributed by atoms with Crippen LogP contribution in [0.3, 0.4) is 0 Å². The van der Waals surface area contributed by atoms with Gasteiger partial charge in [-0.05, 0) is 32.4 Å². The minimum atomic E-state index is -0.146.